The molecule has 2 aromatic carbocycles. The van der Waals surface area contributed by atoms with Crippen LogP contribution in [0.5, 0.6) is 0 Å². The van der Waals surface area contributed by atoms with Gasteiger partial charge in [0, 0.05) is 23.0 Å². The molecule has 4 rings (SSSR count). The Morgan fingerprint density at radius 1 is 1.04 bits per heavy atom. The molecule has 0 aliphatic carbocycles. The van der Waals surface area contributed by atoms with E-state index in [2.05, 4.69) is 10.3 Å². The topological polar surface area (TPSA) is 46.9 Å². The Hall–Kier alpha value is -3.47. The summed E-state index contributed by atoms with van der Waals surface area (Å²) in [4.78, 5) is 17.1. The molecule has 0 fully saturated rings. The number of nitrogens with zero attached hydrogens (tertiary/aromatic N) is 2. The van der Waals surface area contributed by atoms with Crippen molar-refractivity contribution in [3.05, 3.63) is 94.5 Å². The summed E-state index contributed by atoms with van der Waals surface area (Å²) in [5.41, 5.74) is 2.26. The Kier molecular flexibility index (Phi) is 4.42. The average molecular weight is 359 g/mol. The number of pyridine rings is 2. The van der Waals surface area contributed by atoms with Crippen molar-refractivity contribution in [2.45, 2.75) is 13.3 Å². The highest BCUT2D eigenvalue weighted by atomic mass is 19.1. The average Bonchev–Trinajstić information content (AvgIpc) is 2.70. The molecule has 27 heavy (non-hydrogen) atoms. The fraction of sp³-hybridized carbons (Fsp3) is 0.0909. The number of hydrogen-bond acceptors (Lipinski definition) is 3. The molecule has 134 valence electrons. The Balaban J connectivity index is 2.06. The zero-order valence-electron chi connectivity index (χ0n) is 14.8. The van der Waals surface area contributed by atoms with Crippen LogP contribution in [-0.4, -0.2) is 9.55 Å². The molecule has 0 radical (unpaired) electrons. The smallest absolute Gasteiger partial charge is 0.193 e. The summed E-state index contributed by atoms with van der Waals surface area (Å²) in [6.45, 7) is 1.83. The molecule has 0 bridgehead atoms. The predicted molar refractivity (Wildman–Crippen MR) is 106 cm³/mol. The lowest BCUT2D eigenvalue weighted by atomic mass is 10.1. The first kappa shape index (κ1) is 17.0. The van der Waals surface area contributed by atoms with E-state index in [-0.39, 0.29) is 5.43 Å². The summed E-state index contributed by atoms with van der Waals surface area (Å²) >= 11 is 0. The first-order valence-electron chi connectivity index (χ1n) is 8.79. The molecule has 1 N–H and O–H groups in total. The molecule has 0 atom stereocenters. The number of anilines is 2. The van der Waals surface area contributed by atoms with E-state index < -0.39 is 5.82 Å². The number of nitrogens with one attached hydrogen (secondary N) is 1. The normalized spacial score (nSPS) is 10.9. The molecule has 0 amide bonds. The van der Waals surface area contributed by atoms with Crippen molar-refractivity contribution in [1.82, 2.24) is 9.55 Å². The van der Waals surface area contributed by atoms with E-state index in [4.69, 9.17) is 0 Å². The standard InChI is InChI=1S/C22H18FN3O/c1-2-17-18(23)14-24-22-21(17)19(27)13-20(25-15-9-5-3-6-10-15)26(22)16-11-7-4-8-12-16/h3-14,25H,2H2,1H3. The molecule has 2 heterocycles. The van der Waals surface area contributed by atoms with Crippen LogP contribution in [0.15, 0.2) is 77.7 Å². The number of halogens is 1. The van der Waals surface area contributed by atoms with Crippen molar-refractivity contribution < 1.29 is 4.39 Å². The summed E-state index contributed by atoms with van der Waals surface area (Å²) < 4.78 is 16.1. The fourth-order valence-corrected chi connectivity index (χ4v) is 3.26. The molecular weight excluding hydrogens is 341 g/mol. The zero-order valence-corrected chi connectivity index (χ0v) is 14.8. The van der Waals surface area contributed by atoms with Crippen molar-refractivity contribution in [2.75, 3.05) is 5.32 Å². The Morgan fingerprint density at radius 2 is 1.70 bits per heavy atom. The highest BCUT2D eigenvalue weighted by Crippen LogP contribution is 2.26. The van der Waals surface area contributed by atoms with Crippen LogP contribution in [0.25, 0.3) is 16.7 Å². The Labute approximate surface area is 155 Å². The van der Waals surface area contributed by atoms with E-state index >= 15 is 0 Å². The van der Waals surface area contributed by atoms with Crippen molar-refractivity contribution in [3.8, 4) is 5.69 Å². The molecule has 5 heteroatoms. The summed E-state index contributed by atoms with van der Waals surface area (Å²) in [7, 11) is 0. The van der Waals surface area contributed by atoms with Crippen LogP contribution >= 0.6 is 0 Å². The molecular formula is C22H18FN3O. The number of benzene rings is 2. The van der Waals surface area contributed by atoms with Crippen molar-refractivity contribution in [3.63, 3.8) is 0 Å². The van der Waals surface area contributed by atoms with Gasteiger partial charge in [-0.05, 0) is 30.7 Å². The van der Waals surface area contributed by atoms with Gasteiger partial charge in [-0.25, -0.2) is 9.37 Å². The number of rotatable bonds is 4. The lowest BCUT2D eigenvalue weighted by molar-refractivity contribution is 0.609. The van der Waals surface area contributed by atoms with Gasteiger partial charge in [0.05, 0.1) is 11.6 Å². The van der Waals surface area contributed by atoms with Crippen LogP contribution in [0, 0.1) is 5.82 Å². The second kappa shape index (κ2) is 7.03. The van der Waals surface area contributed by atoms with Crippen LogP contribution in [0.1, 0.15) is 12.5 Å². The van der Waals surface area contributed by atoms with Gasteiger partial charge in [-0.15, -0.1) is 0 Å². The maximum absolute atomic E-state index is 14.3. The van der Waals surface area contributed by atoms with Gasteiger partial charge in [-0.2, -0.15) is 0 Å². The van der Waals surface area contributed by atoms with Crippen molar-refractivity contribution >= 4 is 22.5 Å². The van der Waals surface area contributed by atoms with Gasteiger partial charge in [0.25, 0.3) is 0 Å². The largest absolute Gasteiger partial charge is 0.341 e. The second-order valence-corrected chi connectivity index (χ2v) is 6.19. The van der Waals surface area contributed by atoms with Crippen LogP contribution in [0.4, 0.5) is 15.9 Å². The molecule has 0 saturated carbocycles. The maximum atomic E-state index is 14.3. The molecule has 0 spiro atoms. The summed E-state index contributed by atoms with van der Waals surface area (Å²) in [5, 5.41) is 3.60. The van der Waals surface area contributed by atoms with Crippen molar-refractivity contribution in [2.24, 2.45) is 0 Å². The monoisotopic (exact) mass is 359 g/mol. The van der Waals surface area contributed by atoms with Crippen LogP contribution < -0.4 is 10.7 Å². The third kappa shape index (κ3) is 3.08. The second-order valence-electron chi connectivity index (χ2n) is 6.19. The van der Waals surface area contributed by atoms with Gasteiger partial charge in [-0.1, -0.05) is 43.3 Å². The molecule has 0 aliphatic rings. The highest BCUT2D eigenvalue weighted by Gasteiger charge is 2.17. The number of aryl methyl sites for hydroxylation is 1. The number of aromatic nitrogens is 2. The number of para-hydroxylation sites is 2. The molecule has 4 nitrogen and oxygen atoms in total. The van der Waals surface area contributed by atoms with Crippen LogP contribution in [0.3, 0.4) is 0 Å². The number of fused-ring (bicyclic) bond motifs is 1. The van der Waals surface area contributed by atoms with Crippen LogP contribution in [-0.2, 0) is 6.42 Å². The zero-order chi connectivity index (χ0) is 18.8. The van der Waals surface area contributed by atoms with Gasteiger partial charge in [0.15, 0.2) is 5.43 Å². The quantitative estimate of drug-likeness (QED) is 0.568. The molecule has 0 saturated heterocycles. The first-order chi connectivity index (χ1) is 13.2. The predicted octanol–water partition coefficient (Wildman–Crippen LogP) is 4.83. The van der Waals surface area contributed by atoms with Gasteiger partial charge in [-0.3, -0.25) is 9.36 Å². The van der Waals surface area contributed by atoms with E-state index in [1.165, 1.54) is 12.3 Å². The van der Waals surface area contributed by atoms with Gasteiger partial charge < -0.3 is 5.32 Å². The summed E-state index contributed by atoms with van der Waals surface area (Å²) in [5.74, 6) is 0.122. The minimum Gasteiger partial charge on any atom is -0.341 e. The summed E-state index contributed by atoms with van der Waals surface area (Å²) in [6, 6.07) is 20.7. The van der Waals surface area contributed by atoms with Gasteiger partial charge >= 0.3 is 0 Å². The maximum Gasteiger partial charge on any atom is 0.193 e. The third-order valence-electron chi connectivity index (χ3n) is 4.49. The van der Waals surface area contributed by atoms with E-state index in [1.54, 1.807) is 0 Å². The number of hydrogen-bond donors (Lipinski definition) is 1. The SMILES string of the molecule is CCc1c(F)cnc2c1c(=O)cc(Nc1ccccc1)n2-c1ccccc1. The molecule has 4 aromatic rings. The van der Waals surface area contributed by atoms with E-state index in [0.717, 1.165) is 11.4 Å². The lowest BCUT2D eigenvalue weighted by Crippen LogP contribution is -2.15. The molecule has 0 unspecified atom stereocenters. The van der Waals surface area contributed by atoms with E-state index in [9.17, 15) is 9.18 Å². The lowest BCUT2D eigenvalue weighted by Gasteiger charge is -2.18. The molecule has 2 aromatic heterocycles. The highest BCUT2D eigenvalue weighted by molar-refractivity contribution is 5.84. The fourth-order valence-electron chi connectivity index (χ4n) is 3.26. The molecule has 0 aliphatic heterocycles. The first-order valence-corrected chi connectivity index (χ1v) is 8.79. The third-order valence-corrected chi connectivity index (χ3v) is 4.49. The Bertz CT molecular complexity index is 1160. The minimum absolute atomic E-state index is 0.250. The minimum atomic E-state index is -0.453. The van der Waals surface area contributed by atoms with E-state index in [0.29, 0.717) is 28.8 Å². The van der Waals surface area contributed by atoms with Gasteiger partial charge in [0.2, 0.25) is 0 Å². The summed E-state index contributed by atoms with van der Waals surface area (Å²) in [6.07, 6.45) is 1.60. The van der Waals surface area contributed by atoms with Crippen molar-refractivity contribution in [1.29, 1.82) is 0 Å². The van der Waals surface area contributed by atoms with Crippen LogP contribution in [0.2, 0.25) is 0 Å². The van der Waals surface area contributed by atoms with E-state index in [1.807, 2.05) is 72.2 Å². The van der Waals surface area contributed by atoms with Gasteiger partial charge in [0.1, 0.15) is 17.3 Å². The Morgan fingerprint density at radius 3 is 2.37 bits per heavy atom.